The molecule has 2 aromatic heterocycles. The predicted molar refractivity (Wildman–Crippen MR) is 86.8 cm³/mol. The molecule has 0 saturated carbocycles. The maximum absolute atomic E-state index is 11.2. The molecule has 0 amide bonds. The van der Waals surface area contributed by atoms with Gasteiger partial charge in [-0.05, 0) is 44.1 Å². The van der Waals surface area contributed by atoms with Gasteiger partial charge in [0.15, 0.2) is 0 Å². The van der Waals surface area contributed by atoms with Crippen LogP contribution in [0.25, 0.3) is 5.69 Å². The van der Waals surface area contributed by atoms with Crippen molar-refractivity contribution in [1.29, 1.82) is 0 Å². The number of methoxy groups -OCH3 is 1. The van der Waals surface area contributed by atoms with Crippen LogP contribution in [-0.4, -0.2) is 42.4 Å². The van der Waals surface area contributed by atoms with Gasteiger partial charge in [0.2, 0.25) is 12.7 Å². The minimum atomic E-state index is -0.570. The van der Waals surface area contributed by atoms with Crippen LogP contribution in [0.3, 0.4) is 0 Å². The van der Waals surface area contributed by atoms with Crippen molar-refractivity contribution in [3.05, 3.63) is 75.1 Å². The summed E-state index contributed by atoms with van der Waals surface area (Å²) in [4.78, 5) is 39.8. The monoisotopic (exact) mass is 360 g/mol. The van der Waals surface area contributed by atoms with Gasteiger partial charge in [-0.25, -0.2) is 4.79 Å². The SMILES string of the molecule is COC(=O)c1ccc(-n2cnc([N+](=O)[O-])c2)cc1.O=[N+]([O-])c1c[nH]cn1. The van der Waals surface area contributed by atoms with Gasteiger partial charge in [0, 0.05) is 5.69 Å². The van der Waals surface area contributed by atoms with Crippen LogP contribution in [-0.2, 0) is 4.74 Å². The molecule has 1 N–H and O–H groups in total. The average molecular weight is 360 g/mol. The number of hydrogen-bond acceptors (Lipinski definition) is 8. The summed E-state index contributed by atoms with van der Waals surface area (Å²) >= 11 is 0. The van der Waals surface area contributed by atoms with Crippen LogP contribution in [0.2, 0.25) is 0 Å². The van der Waals surface area contributed by atoms with Gasteiger partial charge in [-0.15, -0.1) is 0 Å². The van der Waals surface area contributed by atoms with Gasteiger partial charge in [-0.1, -0.05) is 0 Å². The number of benzene rings is 1. The topological polar surface area (TPSA) is 159 Å². The Morgan fingerprint density at radius 2 is 1.77 bits per heavy atom. The minimum Gasteiger partial charge on any atom is -0.465 e. The van der Waals surface area contributed by atoms with E-state index in [1.165, 1.54) is 36.7 Å². The first-order chi connectivity index (χ1) is 12.4. The molecule has 1 aromatic carbocycles. The van der Waals surface area contributed by atoms with Gasteiger partial charge in [0.25, 0.3) is 0 Å². The van der Waals surface area contributed by atoms with E-state index in [-0.39, 0.29) is 11.6 Å². The average Bonchev–Trinajstić information content (AvgIpc) is 3.33. The highest BCUT2D eigenvalue weighted by Gasteiger charge is 2.11. The maximum Gasteiger partial charge on any atom is 0.381 e. The molecule has 0 aliphatic rings. The largest absolute Gasteiger partial charge is 0.465 e. The number of nitrogens with zero attached hydrogens (tertiary/aromatic N) is 5. The summed E-state index contributed by atoms with van der Waals surface area (Å²) in [5.74, 6) is -0.810. The third-order valence-corrected chi connectivity index (χ3v) is 3.01. The van der Waals surface area contributed by atoms with Crippen LogP contribution < -0.4 is 0 Å². The zero-order chi connectivity index (χ0) is 19.1. The number of hydrogen-bond donors (Lipinski definition) is 1. The molecule has 0 radical (unpaired) electrons. The maximum atomic E-state index is 11.2. The highest BCUT2D eigenvalue weighted by atomic mass is 16.6. The fraction of sp³-hybridized carbons (Fsp3) is 0.0714. The lowest BCUT2D eigenvalue weighted by Gasteiger charge is -2.02. The first-order valence-corrected chi connectivity index (χ1v) is 6.92. The molecule has 0 spiro atoms. The summed E-state index contributed by atoms with van der Waals surface area (Å²) in [6, 6.07) is 6.45. The number of imidazole rings is 2. The molecule has 134 valence electrons. The summed E-state index contributed by atoms with van der Waals surface area (Å²) in [5, 5.41) is 20.3. The first kappa shape index (κ1) is 18.3. The Morgan fingerprint density at radius 3 is 2.19 bits per heavy atom. The molecule has 3 aromatic rings. The van der Waals surface area contributed by atoms with Crippen molar-refractivity contribution in [1.82, 2.24) is 19.5 Å². The molecule has 0 aliphatic heterocycles. The van der Waals surface area contributed by atoms with E-state index in [1.807, 2.05) is 0 Å². The normalized spacial score (nSPS) is 9.73. The molecule has 0 atom stereocenters. The summed E-state index contributed by atoms with van der Waals surface area (Å²) in [6.45, 7) is 0. The quantitative estimate of drug-likeness (QED) is 0.419. The van der Waals surface area contributed by atoms with Crippen molar-refractivity contribution in [3.63, 3.8) is 0 Å². The number of nitro groups is 2. The van der Waals surface area contributed by atoms with Crippen molar-refractivity contribution in [3.8, 4) is 5.69 Å². The van der Waals surface area contributed by atoms with E-state index in [0.717, 1.165) is 0 Å². The Kier molecular flexibility index (Phi) is 5.71. The molecule has 3 rings (SSSR count). The molecule has 26 heavy (non-hydrogen) atoms. The van der Waals surface area contributed by atoms with Crippen LogP contribution >= 0.6 is 0 Å². The van der Waals surface area contributed by atoms with Crippen LogP contribution in [0.5, 0.6) is 0 Å². The van der Waals surface area contributed by atoms with Gasteiger partial charge in [-0.2, -0.15) is 0 Å². The summed E-state index contributed by atoms with van der Waals surface area (Å²) in [7, 11) is 1.30. The van der Waals surface area contributed by atoms with Crippen molar-refractivity contribution in [2.75, 3.05) is 7.11 Å². The number of aromatic amines is 1. The van der Waals surface area contributed by atoms with E-state index < -0.39 is 15.8 Å². The fourth-order valence-electron chi connectivity index (χ4n) is 1.79. The number of aromatic nitrogens is 4. The fourth-order valence-corrected chi connectivity index (χ4v) is 1.79. The van der Waals surface area contributed by atoms with E-state index in [1.54, 1.807) is 24.3 Å². The first-order valence-electron chi connectivity index (χ1n) is 6.92. The third kappa shape index (κ3) is 4.47. The van der Waals surface area contributed by atoms with Gasteiger partial charge in [-0.3, -0.25) is 4.57 Å². The number of carbonyl (C=O) groups is 1. The molecule has 0 unspecified atom stereocenters. The lowest BCUT2D eigenvalue weighted by molar-refractivity contribution is -0.389. The van der Waals surface area contributed by atoms with E-state index in [0.29, 0.717) is 11.3 Å². The highest BCUT2D eigenvalue weighted by molar-refractivity contribution is 5.89. The van der Waals surface area contributed by atoms with Crippen molar-refractivity contribution >= 4 is 17.6 Å². The Balaban J connectivity index is 0.000000254. The number of esters is 1. The highest BCUT2D eigenvalue weighted by Crippen LogP contribution is 2.14. The molecule has 0 aliphatic carbocycles. The summed E-state index contributed by atoms with van der Waals surface area (Å²) in [5.41, 5.74) is 1.08. The van der Waals surface area contributed by atoms with E-state index in [2.05, 4.69) is 19.7 Å². The van der Waals surface area contributed by atoms with Crippen molar-refractivity contribution in [2.45, 2.75) is 0 Å². The smallest absolute Gasteiger partial charge is 0.381 e. The molecule has 0 fully saturated rings. The van der Waals surface area contributed by atoms with Gasteiger partial charge in [0.1, 0.15) is 12.4 Å². The standard InChI is InChI=1S/C11H9N3O4.C3H3N3O2/c1-18-11(15)8-2-4-9(5-3-8)13-6-10(12-7-13)14(16)17;7-6(8)3-1-4-2-5-3/h2-7H,1H3;1-2H,(H,4,5). The van der Waals surface area contributed by atoms with E-state index in [4.69, 9.17) is 0 Å². The number of ether oxygens (including phenoxy) is 1. The minimum absolute atomic E-state index is 0.148. The summed E-state index contributed by atoms with van der Waals surface area (Å²) < 4.78 is 6.07. The second kappa shape index (κ2) is 8.14. The Hall–Kier alpha value is -4.09. The molecular weight excluding hydrogens is 348 g/mol. The molecule has 12 nitrogen and oxygen atoms in total. The van der Waals surface area contributed by atoms with Crippen LogP contribution in [0, 0.1) is 20.2 Å². The lowest BCUT2D eigenvalue weighted by Crippen LogP contribution is -2.01. The lowest BCUT2D eigenvalue weighted by atomic mass is 10.2. The zero-order valence-corrected chi connectivity index (χ0v) is 13.3. The number of rotatable bonds is 4. The Morgan fingerprint density at radius 1 is 1.12 bits per heavy atom. The molecule has 2 heterocycles. The van der Waals surface area contributed by atoms with Crippen LogP contribution in [0.4, 0.5) is 11.6 Å². The second-order valence-corrected chi connectivity index (χ2v) is 4.62. The Labute approximate surface area is 145 Å². The Bertz CT molecular complexity index is 902. The van der Waals surface area contributed by atoms with Crippen molar-refractivity contribution < 1.29 is 19.4 Å². The molecule has 12 heteroatoms. The molecular formula is C14H12N6O6. The van der Waals surface area contributed by atoms with Gasteiger partial charge >= 0.3 is 17.6 Å². The van der Waals surface area contributed by atoms with E-state index >= 15 is 0 Å². The number of nitrogens with one attached hydrogen (secondary N) is 1. The van der Waals surface area contributed by atoms with Crippen LogP contribution in [0.1, 0.15) is 10.4 Å². The third-order valence-electron chi connectivity index (χ3n) is 3.01. The van der Waals surface area contributed by atoms with Gasteiger partial charge in [0.05, 0.1) is 12.7 Å². The number of H-pyrrole nitrogens is 1. The van der Waals surface area contributed by atoms with E-state index in [9.17, 15) is 25.0 Å². The molecule has 0 bridgehead atoms. The predicted octanol–water partition coefficient (Wildman–Crippen LogP) is 1.88. The van der Waals surface area contributed by atoms with Gasteiger partial charge < -0.3 is 29.9 Å². The summed E-state index contributed by atoms with van der Waals surface area (Å²) in [6.07, 6.45) is 5.12. The zero-order valence-electron chi connectivity index (χ0n) is 13.3. The van der Waals surface area contributed by atoms with Crippen LogP contribution in [0.15, 0.2) is 49.3 Å². The number of carbonyl (C=O) groups excluding carboxylic acids is 1. The van der Waals surface area contributed by atoms with Crippen molar-refractivity contribution in [2.24, 2.45) is 0 Å². The second-order valence-electron chi connectivity index (χ2n) is 4.62. The molecule has 0 saturated heterocycles.